The summed E-state index contributed by atoms with van der Waals surface area (Å²) < 4.78 is 49.1. The van der Waals surface area contributed by atoms with Crippen molar-refractivity contribution in [1.29, 1.82) is 0 Å². The third kappa shape index (κ3) is 5.63. The Hall–Kier alpha value is -3.24. The van der Waals surface area contributed by atoms with Gasteiger partial charge in [-0.15, -0.1) is 0 Å². The maximum atomic E-state index is 15.1. The molecule has 4 aromatic carbocycles. The Labute approximate surface area is 202 Å². The van der Waals surface area contributed by atoms with Crippen molar-refractivity contribution in [1.82, 2.24) is 0 Å². The summed E-state index contributed by atoms with van der Waals surface area (Å²) in [6.45, 7) is 3.69. The predicted molar refractivity (Wildman–Crippen MR) is 132 cm³/mol. The molecule has 0 saturated carbocycles. The molecular formula is C29H24ClF3O. The lowest BCUT2D eigenvalue weighted by atomic mass is 9.97. The topological polar surface area (TPSA) is 9.23 Å². The molecule has 5 heteroatoms. The van der Waals surface area contributed by atoms with Crippen LogP contribution in [0.5, 0.6) is 5.75 Å². The van der Waals surface area contributed by atoms with Crippen LogP contribution in [0.2, 0.25) is 5.02 Å². The molecule has 0 bridgehead atoms. The highest BCUT2D eigenvalue weighted by Gasteiger charge is 2.13. The Morgan fingerprint density at radius 1 is 0.765 bits per heavy atom. The van der Waals surface area contributed by atoms with E-state index in [0.29, 0.717) is 35.2 Å². The van der Waals surface area contributed by atoms with Gasteiger partial charge in [0.2, 0.25) is 0 Å². The molecule has 0 N–H and O–H groups in total. The molecule has 0 atom stereocenters. The van der Waals surface area contributed by atoms with Crippen molar-refractivity contribution < 1.29 is 17.9 Å². The fourth-order valence-corrected chi connectivity index (χ4v) is 4.12. The second kappa shape index (κ2) is 10.8. The molecule has 0 radical (unpaired) electrons. The average Bonchev–Trinajstić information content (AvgIpc) is 2.83. The average molecular weight is 481 g/mol. The second-order valence-electron chi connectivity index (χ2n) is 8.19. The van der Waals surface area contributed by atoms with Crippen LogP contribution in [-0.2, 0) is 25.7 Å². The van der Waals surface area contributed by atoms with Crippen LogP contribution in [0, 0.1) is 17.5 Å². The van der Waals surface area contributed by atoms with Crippen LogP contribution in [0.15, 0.2) is 79.4 Å². The van der Waals surface area contributed by atoms with Crippen LogP contribution in [0.1, 0.15) is 22.3 Å². The zero-order valence-electron chi connectivity index (χ0n) is 18.6. The van der Waals surface area contributed by atoms with Crippen LogP contribution in [0.25, 0.3) is 10.8 Å². The molecule has 0 aliphatic rings. The number of hydrogen-bond donors (Lipinski definition) is 0. The van der Waals surface area contributed by atoms with Crippen LogP contribution in [0.4, 0.5) is 13.2 Å². The van der Waals surface area contributed by atoms with E-state index in [2.05, 4.69) is 6.58 Å². The van der Waals surface area contributed by atoms with Gasteiger partial charge in [-0.25, -0.2) is 13.2 Å². The first kappa shape index (κ1) is 23.9. The van der Waals surface area contributed by atoms with Crippen molar-refractivity contribution >= 4 is 22.4 Å². The molecular weight excluding hydrogens is 457 g/mol. The molecule has 34 heavy (non-hydrogen) atoms. The molecule has 0 aliphatic carbocycles. The van der Waals surface area contributed by atoms with Gasteiger partial charge < -0.3 is 4.74 Å². The maximum Gasteiger partial charge on any atom is 0.134 e. The van der Waals surface area contributed by atoms with Gasteiger partial charge in [-0.05, 0) is 59.9 Å². The Bertz CT molecular complexity index is 1290. The van der Waals surface area contributed by atoms with Gasteiger partial charge in [-0.2, -0.15) is 0 Å². The molecule has 4 rings (SSSR count). The van der Waals surface area contributed by atoms with Crippen LogP contribution in [-0.4, -0.2) is 6.61 Å². The van der Waals surface area contributed by atoms with Gasteiger partial charge >= 0.3 is 0 Å². The predicted octanol–water partition coefficient (Wildman–Crippen LogP) is 8.05. The van der Waals surface area contributed by atoms with Gasteiger partial charge in [0.1, 0.15) is 29.8 Å². The van der Waals surface area contributed by atoms with E-state index in [1.807, 2.05) is 42.5 Å². The SMILES string of the molecule is C=CCOc1cc(F)c(CCc2ccc3c(F)c(CCc4ccc(Cl)cc4)ccc3c2)c(F)c1. The summed E-state index contributed by atoms with van der Waals surface area (Å²) in [5.41, 5.74) is 2.64. The fraction of sp³-hybridized carbons (Fsp3) is 0.172. The number of ether oxygens (including phenoxy) is 1. The Morgan fingerprint density at radius 3 is 2.15 bits per heavy atom. The summed E-state index contributed by atoms with van der Waals surface area (Å²) in [5.74, 6) is -1.38. The normalized spacial score (nSPS) is 11.1. The van der Waals surface area contributed by atoms with E-state index in [1.165, 1.54) is 18.2 Å². The second-order valence-corrected chi connectivity index (χ2v) is 8.62. The highest BCUT2D eigenvalue weighted by atomic mass is 35.5. The van der Waals surface area contributed by atoms with E-state index < -0.39 is 11.6 Å². The van der Waals surface area contributed by atoms with E-state index in [9.17, 15) is 8.78 Å². The van der Waals surface area contributed by atoms with E-state index in [-0.39, 0.29) is 30.2 Å². The van der Waals surface area contributed by atoms with Crippen molar-refractivity contribution in [3.05, 3.63) is 124 Å². The third-order valence-corrected chi connectivity index (χ3v) is 6.09. The lowest BCUT2D eigenvalue weighted by Crippen LogP contribution is -2.02. The van der Waals surface area contributed by atoms with E-state index in [4.69, 9.17) is 16.3 Å². The number of fused-ring (bicyclic) bond motifs is 1. The van der Waals surface area contributed by atoms with E-state index in [1.54, 1.807) is 12.1 Å². The zero-order valence-corrected chi connectivity index (χ0v) is 19.3. The first-order chi connectivity index (χ1) is 16.4. The number of hydrogen-bond acceptors (Lipinski definition) is 1. The van der Waals surface area contributed by atoms with Crippen LogP contribution < -0.4 is 4.74 Å². The molecule has 4 aromatic rings. The summed E-state index contributed by atoms with van der Waals surface area (Å²) in [6, 6.07) is 19.0. The Kier molecular flexibility index (Phi) is 7.59. The van der Waals surface area contributed by atoms with Crippen molar-refractivity contribution in [3.8, 4) is 5.75 Å². The van der Waals surface area contributed by atoms with E-state index in [0.717, 1.165) is 16.5 Å². The van der Waals surface area contributed by atoms with Crippen molar-refractivity contribution in [2.24, 2.45) is 0 Å². The molecule has 1 nitrogen and oxygen atoms in total. The fourth-order valence-electron chi connectivity index (χ4n) is 3.99. The lowest BCUT2D eigenvalue weighted by molar-refractivity contribution is 0.357. The molecule has 0 heterocycles. The monoisotopic (exact) mass is 480 g/mol. The third-order valence-electron chi connectivity index (χ3n) is 5.84. The molecule has 0 saturated heterocycles. The maximum absolute atomic E-state index is 15.1. The molecule has 0 fully saturated rings. The summed E-state index contributed by atoms with van der Waals surface area (Å²) in [7, 11) is 0. The van der Waals surface area contributed by atoms with Crippen LogP contribution in [0.3, 0.4) is 0 Å². The van der Waals surface area contributed by atoms with Gasteiger partial charge in [-0.3, -0.25) is 0 Å². The summed E-state index contributed by atoms with van der Waals surface area (Å²) in [6.07, 6.45) is 3.42. The van der Waals surface area contributed by atoms with Crippen molar-refractivity contribution in [2.45, 2.75) is 25.7 Å². The minimum Gasteiger partial charge on any atom is -0.489 e. The standard InChI is InChI=1S/C29H24ClF3O/c1-2-15-34-24-17-27(31)26(28(32)18-24)14-7-20-6-13-25-22(16-20)10-9-21(29(25)33)8-3-19-4-11-23(30)12-5-19/h2,4-6,9-13,16-18H,1,3,7-8,14-15H2. The van der Waals surface area contributed by atoms with Gasteiger partial charge in [0.15, 0.2) is 0 Å². The summed E-state index contributed by atoms with van der Waals surface area (Å²) in [5, 5.41) is 1.98. The number of rotatable bonds is 9. The van der Waals surface area contributed by atoms with Gasteiger partial charge in [0.05, 0.1) is 0 Å². The zero-order chi connectivity index (χ0) is 24.1. The number of halogens is 4. The quantitative estimate of drug-likeness (QED) is 0.220. The van der Waals surface area contributed by atoms with Gasteiger partial charge in [-0.1, -0.05) is 66.7 Å². The minimum atomic E-state index is -0.642. The molecule has 0 aromatic heterocycles. The number of benzene rings is 4. The Morgan fingerprint density at radius 2 is 1.44 bits per heavy atom. The molecule has 0 unspecified atom stereocenters. The first-order valence-electron chi connectivity index (χ1n) is 11.1. The minimum absolute atomic E-state index is 0.00905. The highest BCUT2D eigenvalue weighted by molar-refractivity contribution is 6.30. The smallest absolute Gasteiger partial charge is 0.134 e. The summed E-state index contributed by atoms with van der Waals surface area (Å²) in [4.78, 5) is 0. The highest BCUT2D eigenvalue weighted by Crippen LogP contribution is 2.26. The molecule has 0 spiro atoms. The van der Waals surface area contributed by atoms with Crippen molar-refractivity contribution in [3.63, 3.8) is 0 Å². The lowest BCUT2D eigenvalue weighted by Gasteiger charge is -2.11. The Balaban J connectivity index is 1.46. The summed E-state index contributed by atoms with van der Waals surface area (Å²) >= 11 is 5.92. The van der Waals surface area contributed by atoms with Crippen LogP contribution >= 0.6 is 11.6 Å². The number of aryl methyl sites for hydroxylation is 3. The largest absolute Gasteiger partial charge is 0.489 e. The van der Waals surface area contributed by atoms with E-state index >= 15 is 4.39 Å². The van der Waals surface area contributed by atoms with Gasteiger partial charge in [0, 0.05) is 28.1 Å². The molecule has 174 valence electrons. The molecule has 0 aliphatic heterocycles. The molecule has 0 amide bonds. The van der Waals surface area contributed by atoms with Crippen molar-refractivity contribution in [2.75, 3.05) is 6.61 Å². The van der Waals surface area contributed by atoms with Gasteiger partial charge in [0.25, 0.3) is 0 Å². The first-order valence-corrected chi connectivity index (χ1v) is 11.5.